The van der Waals surface area contributed by atoms with Gasteiger partial charge in [0.1, 0.15) is 28.2 Å². The lowest BCUT2D eigenvalue weighted by molar-refractivity contribution is -0.117. The van der Waals surface area contributed by atoms with E-state index in [-0.39, 0.29) is 0 Å². The Kier molecular flexibility index (Phi) is 6.38. The molecule has 148 valence electrons. The van der Waals surface area contributed by atoms with Crippen LogP contribution in [0, 0.1) is 22.7 Å². The van der Waals surface area contributed by atoms with E-state index in [1.54, 1.807) is 12.1 Å². The molecular weight excluding hydrogens is 386 g/mol. The maximum atomic E-state index is 12.2. The lowest BCUT2D eigenvalue weighted by atomic mass is 10.0. The van der Waals surface area contributed by atoms with Crippen molar-refractivity contribution in [3.8, 4) is 12.1 Å². The third kappa shape index (κ3) is 4.19. The van der Waals surface area contributed by atoms with Crippen LogP contribution in [0.25, 0.3) is 0 Å². The number of amides is 1. The summed E-state index contributed by atoms with van der Waals surface area (Å²) in [5, 5.41) is 29.1. The van der Waals surface area contributed by atoms with Gasteiger partial charge in [-0.2, -0.15) is 10.5 Å². The van der Waals surface area contributed by atoms with Crippen LogP contribution in [0.5, 0.6) is 0 Å². The van der Waals surface area contributed by atoms with Gasteiger partial charge in [-0.15, -0.1) is 0 Å². The number of nitriles is 2. The number of benzene rings is 1. The number of hydrogen-bond acceptors (Lipinski definition) is 7. The largest absolute Gasteiger partial charge is 0.391 e. The highest BCUT2D eigenvalue weighted by molar-refractivity contribution is 8.00. The number of β-amino-alcohol motifs (C(OH)–C–C–N with tert-alkyl or cyclic N) is 1. The molecule has 1 fully saturated rings. The number of carbonyl (C=O) groups excluding carboxylic acids is 1. The first kappa shape index (κ1) is 20.7. The van der Waals surface area contributed by atoms with Gasteiger partial charge in [0, 0.05) is 13.1 Å². The number of carbonyl (C=O) groups is 1. The second-order valence-corrected chi connectivity index (χ2v) is 7.84. The summed E-state index contributed by atoms with van der Waals surface area (Å²) >= 11 is 1.12. The molecule has 1 aliphatic rings. The first-order valence-electron chi connectivity index (χ1n) is 9.31. The molecular formula is C21H21N5O2S. The average Bonchev–Trinajstić information content (AvgIpc) is 3.17. The van der Waals surface area contributed by atoms with Crippen molar-refractivity contribution in [2.75, 3.05) is 18.0 Å². The molecule has 0 radical (unpaired) electrons. The van der Waals surface area contributed by atoms with E-state index >= 15 is 0 Å². The van der Waals surface area contributed by atoms with E-state index in [1.807, 2.05) is 30.0 Å². The zero-order chi connectivity index (χ0) is 21.0. The Morgan fingerprint density at radius 1 is 1.34 bits per heavy atom. The molecule has 2 heterocycles. The third-order valence-electron chi connectivity index (χ3n) is 4.88. The van der Waals surface area contributed by atoms with Crippen LogP contribution in [0.1, 0.15) is 40.8 Å². The van der Waals surface area contributed by atoms with E-state index in [9.17, 15) is 20.4 Å². The van der Waals surface area contributed by atoms with Crippen molar-refractivity contribution in [2.45, 2.75) is 36.1 Å². The summed E-state index contributed by atoms with van der Waals surface area (Å²) in [4.78, 5) is 18.6. The van der Waals surface area contributed by atoms with E-state index in [0.29, 0.717) is 53.5 Å². The standard InChI is InChI=1S/C21H21N5O2S/c1-2-15-16(10-22)20(26-9-8-14(27)12-26)25-21(17(15)11-23)29-18(19(24)28)13-6-4-3-5-7-13/h3-7,14,18,27H,2,8-9,12H2,1H3,(H2,24,28)/t14-,18?/m1/s1. The zero-order valence-corrected chi connectivity index (χ0v) is 16.8. The highest BCUT2D eigenvalue weighted by atomic mass is 32.2. The van der Waals surface area contributed by atoms with E-state index in [0.717, 1.165) is 17.3 Å². The Morgan fingerprint density at radius 2 is 2.03 bits per heavy atom. The van der Waals surface area contributed by atoms with Gasteiger partial charge in [0.2, 0.25) is 5.91 Å². The van der Waals surface area contributed by atoms with Crippen LogP contribution >= 0.6 is 11.8 Å². The summed E-state index contributed by atoms with van der Waals surface area (Å²) in [5.74, 6) is -0.0916. The molecule has 1 unspecified atom stereocenters. The predicted octanol–water partition coefficient (Wildman–Crippen LogP) is 2.28. The number of aliphatic hydroxyl groups excluding tert-OH is 1. The monoisotopic (exact) mass is 407 g/mol. The fourth-order valence-electron chi connectivity index (χ4n) is 3.46. The number of hydrogen-bond donors (Lipinski definition) is 2. The molecule has 1 aliphatic heterocycles. The zero-order valence-electron chi connectivity index (χ0n) is 16.0. The van der Waals surface area contributed by atoms with E-state index < -0.39 is 17.3 Å². The van der Waals surface area contributed by atoms with Crippen molar-refractivity contribution in [1.29, 1.82) is 10.5 Å². The smallest absolute Gasteiger partial charge is 0.235 e. The molecule has 0 saturated carbocycles. The van der Waals surface area contributed by atoms with Gasteiger partial charge in [-0.3, -0.25) is 4.79 Å². The summed E-state index contributed by atoms with van der Waals surface area (Å²) in [7, 11) is 0. The van der Waals surface area contributed by atoms with Gasteiger partial charge in [0.15, 0.2) is 0 Å². The molecule has 1 amide bonds. The van der Waals surface area contributed by atoms with Crippen LogP contribution in [0.2, 0.25) is 0 Å². The predicted molar refractivity (Wildman–Crippen MR) is 110 cm³/mol. The third-order valence-corrected chi connectivity index (χ3v) is 6.14. The van der Waals surface area contributed by atoms with E-state index in [4.69, 9.17) is 5.73 Å². The normalized spacial score (nSPS) is 16.8. The number of primary amides is 1. The summed E-state index contributed by atoms with van der Waals surface area (Å²) in [6.45, 7) is 2.82. The van der Waals surface area contributed by atoms with Gasteiger partial charge in [0.25, 0.3) is 0 Å². The van der Waals surface area contributed by atoms with Crippen molar-refractivity contribution in [3.05, 3.63) is 52.6 Å². The number of nitrogens with zero attached hydrogens (tertiary/aromatic N) is 4. The Hall–Kier alpha value is -3.07. The molecule has 3 rings (SSSR count). The molecule has 0 spiro atoms. The maximum absolute atomic E-state index is 12.2. The molecule has 0 bridgehead atoms. The topological polar surface area (TPSA) is 127 Å². The second-order valence-electron chi connectivity index (χ2n) is 6.75. The van der Waals surface area contributed by atoms with Crippen molar-refractivity contribution in [2.24, 2.45) is 5.73 Å². The molecule has 2 atom stereocenters. The van der Waals surface area contributed by atoms with Crippen molar-refractivity contribution in [3.63, 3.8) is 0 Å². The molecule has 3 N–H and O–H groups in total. The van der Waals surface area contributed by atoms with Gasteiger partial charge < -0.3 is 15.7 Å². The Morgan fingerprint density at radius 3 is 2.55 bits per heavy atom. The summed E-state index contributed by atoms with van der Waals surface area (Å²) in [5.41, 5.74) is 7.60. The minimum Gasteiger partial charge on any atom is -0.391 e. The van der Waals surface area contributed by atoms with Crippen LogP contribution in [-0.2, 0) is 11.2 Å². The molecule has 7 nitrogen and oxygen atoms in total. The second kappa shape index (κ2) is 8.95. The molecule has 1 saturated heterocycles. The van der Waals surface area contributed by atoms with Gasteiger partial charge >= 0.3 is 0 Å². The summed E-state index contributed by atoms with van der Waals surface area (Å²) in [6.07, 6.45) is 0.574. The van der Waals surface area contributed by atoms with Gasteiger partial charge in [-0.1, -0.05) is 49.0 Å². The van der Waals surface area contributed by atoms with Crippen molar-refractivity contribution < 1.29 is 9.90 Å². The van der Waals surface area contributed by atoms with Crippen LogP contribution in [0.3, 0.4) is 0 Å². The molecule has 0 aliphatic carbocycles. The number of anilines is 1. The number of nitrogens with two attached hydrogens (primary N) is 1. The molecule has 1 aromatic heterocycles. The Labute approximate surface area is 173 Å². The van der Waals surface area contributed by atoms with Crippen LogP contribution in [-0.4, -0.2) is 35.2 Å². The van der Waals surface area contributed by atoms with E-state index in [2.05, 4.69) is 17.1 Å². The highest BCUT2D eigenvalue weighted by Gasteiger charge is 2.29. The number of rotatable bonds is 6. The molecule has 29 heavy (non-hydrogen) atoms. The van der Waals surface area contributed by atoms with Crippen LogP contribution in [0.15, 0.2) is 35.4 Å². The summed E-state index contributed by atoms with van der Waals surface area (Å²) in [6, 6.07) is 13.4. The Balaban J connectivity index is 2.13. The van der Waals surface area contributed by atoms with Crippen molar-refractivity contribution in [1.82, 2.24) is 4.98 Å². The minimum atomic E-state index is -0.717. The molecule has 8 heteroatoms. The lowest BCUT2D eigenvalue weighted by Gasteiger charge is -2.22. The van der Waals surface area contributed by atoms with Gasteiger partial charge in [-0.05, 0) is 24.0 Å². The Bertz CT molecular complexity index is 997. The first-order valence-corrected chi connectivity index (χ1v) is 10.2. The van der Waals surface area contributed by atoms with Crippen LogP contribution in [0.4, 0.5) is 5.82 Å². The van der Waals surface area contributed by atoms with E-state index in [1.165, 1.54) is 0 Å². The average molecular weight is 407 g/mol. The van der Waals surface area contributed by atoms with Gasteiger partial charge in [-0.25, -0.2) is 4.98 Å². The first-order chi connectivity index (χ1) is 14.0. The van der Waals surface area contributed by atoms with Crippen molar-refractivity contribution >= 4 is 23.5 Å². The van der Waals surface area contributed by atoms with Gasteiger partial charge in [0.05, 0.1) is 17.2 Å². The minimum absolute atomic E-state index is 0.291. The quantitative estimate of drug-likeness (QED) is 0.703. The number of pyridine rings is 1. The molecule has 2 aromatic rings. The maximum Gasteiger partial charge on any atom is 0.235 e. The van der Waals surface area contributed by atoms with Crippen LogP contribution < -0.4 is 10.6 Å². The molecule has 1 aromatic carbocycles. The number of thioether (sulfide) groups is 1. The highest BCUT2D eigenvalue weighted by Crippen LogP contribution is 2.39. The fraction of sp³-hybridized carbons (Fsp3) is 0.333. The summed E-state index contributed by atoms with van der Waals surface area (Å²) < 4.78 is 0. The fourth-order valence-corrected chi connectivity index (χ4v) is 4.52. The lowest BCUT2D eigenvalue weighted by Crippen LogP contribution is -2.25. The number of aromatic nitrogens is 1. The SMILES string of the molecule is CCc1c(C#N)c(SC(C(N)=O)c2ccccc2)nc(N2CC[C@@H](O)C2)c1C#N. The number of aliphatic hydroxyl groups is 1.